The number of nitrogens with zero attached hydrogens (tertiary/aromatic N) is 2. The molecule has 7 aromatic rings. The molecule has 0 fully saturated rings. The first-order chi connectivity index (χ1) is 27.2. The molecular weight excluding hydrogens is 673 g/mol. The van der Waals surface area contributed by atoms with Gasteiger partial charge in [0.05, 0.1) is 13.7 Å². The van der Waals surface area contributed by atoms with Gasteiger partial charge in [-0.05, 0) is 108 Å². The molecule has 0 aliphatic rings. The highest BCUT2D eigenvalue weighted by molar-refractivity contribution is 5.85. The van der Waals surface area contributed by atoms with Crippen molar-refractivity contribution >= 4 is 34.1 Å². The lowest BCUT2D eigenvalue weighted by molar-refractivity contribution is 0.234. The third-order valence-electron chi connectivity index (χ3n) is 10.3. The highest BCUT2D eigenvalue weighted by atomic mass is 16.5. The van der Waals surface area contributed by atoms with E-state index in [2.05, 4.69) is 206 Å². The van der Waals surface area contributed by atoms with Gasteiger partial charge in [0.2, 0.25) is 0 Å². The zero-order valence-corrected chi connectivity index (χ0v) is 32.1. The largest absolute Gasteiger partial charge is 0.496 e. The van der Waals surface area contributed by atoms with Gasteiger partial charge < -0.3 is 19.3 Å². The van der Waals surface area contributed by atoms with Crippen LogP contribution in [-0.2, 0) is 0 Å². The van der Waals surface area contributed by atoms with Crippen LogP contribution in [0.5, 0.6) is 11.5 Å². The summed E-state index contributed by atoms with van der Waals surface area (Å²) in [6.45, 7) is 5.20. The highest BCUT2D eigenvalue weighted by Crippen LogP contribution is 2.44. The average molecular weight is 723 g/mol. The fourth-order valence-corrected chi connectivity index (χ4v) is 7.19. The van der Waals surface area contributed by atoms with Gasteiger partial charge in [0, 0.05) is 45.3 Å². The maximum absolute atomic E-state index is 6.82. The Labute approximate surface area is 327 Å². The normalized spacial score (nSPS) is 11.5. The molecule has 0 bridgehead atoms. The Kier molecular flexibility index (Phi) is 12.3. The maximum atomic E-state index is 6.82. The second-order valence-corrected chi connectivity index (χ2v) is 13.9. The van der Waals surface area contributed by atoms with Gasteiger partial charge in [-0.2, -0.15) is 0 Å². The summed E-state index contributed by atoms with van der Waals surface area (Å²) in [5.74, 6) is 2.16. The van der Waals surface area contributed by atoms with Crippen molar-refractivity contribution in [2.75, 3.05) is 23.5 Å². The fourth-order valence-electron chi connectivity index (χ4n) is 7.19. The molecule has 7 rings (SSSR count). The number of hydrogen-bond acceptors (Lipinski definition) is 4. The van der Waals surface area contributed by atoms with Gasteiger partial charge >= 0.3 is 0 Å². The van der Waals surface area contributed by atoms with E-state index in [-0.39, 0.29) is 0 Å². The predicted octanol–water partition coefficient (Wildman–Crippen LogP) is 14.6. The molecule has 0 N–H and O–H groups in total. The monoisotopic (exact) mass is 722 g/mol. The summed E-state index contributed by atoms with van der Waals surface area (Å²) >= 11 is 0. The third kappa shape index (κ3) is 8.77. The number of anilines is 6. The Morgan fingerprint density at radius 1 is 0.455 bits per heavy atom. The molecule has 0 amide bonds. The van der Waals surface area contributed by atoms with Gasteiger partial charge in [-0.3, -0.25) is 0 Å². The van der Waals surface area contributed by atoms with Crippen molar-refractivity contribution in [1.29, 1.82) is 0 Å². The Hall–Kier alpha value is -6.26. The Morgan fingerprint density at radius 3 is 1.18 bits per heavy atom. The number of rotatable bonds is 16. The Bertz CT molecular complexity index is 2130. The van der Waals surface area contributed by atoms with Crippen molar-refractivity contribution < 1.29 is 9.47 Å². The molecule has 4 heteroatoms. The van der Waals surface area contributed by atoms with Crippen LogP contribution < -0.4 is 19.3 Å². The van der Waals surface area contributed by atoms with E-state index in [0.717, 1.165) is 80.7 Å². The first-order valence-electron chi connectivity index (χ1n) is 19.5. The minimum absolute atomic E-state index is 0.493. The Balaban J connectivity index is 1.26. The van der Waals surface area contributed by atoms with Gasteiger partial charge in [-0.15, -0.1) is 0 Å². The lowest BCUT2D eigenvalue weighted by atomic mass is 9.96. The standard InChI is InChI=1S/C51H50N2O2/c1-4-6-19-39(5-2)38-55-51-37-48(40-28-32-46(33-29-40)52(42-20-11-7-12-21-42)43-22-13-8-14-23-43)50(54-3)36-49(51)41-30-34-47(35-31-41)53(44-24-15-9-16-25-44)45-26-17-10-18-27-45/h7-18,20-37,39H,4-6,19,38H2,1-3H3. The topological polar surface area (TPSA) is 24.9 Å². The maximum Gasteiger partial charge on any atom is 0.128 e. The molecule has 276 valence electrons. The summed E-state index contributed by atoms with van der Waals surface area (Å²) in [7, 11) is 1.75. The molecule has 7 aromatic carbocycles. The van der Waals surface area contributed by atoms with Crippen molar-refractivity contribution in [1.82, 2.24) is 0 Å². The summed E-state index contributed by atoms with van der Waals surface area (Å²) in [5.41, 5.74) is 10.7. The molecule has 0 saturated heterocycles. The first kappa shape index (κ1) is 37.1. The number of methoxy groups -OCH3 is 1. The van der Waals surface area contributed by atoms with Crippen LogP contribution in [0, 0.1) is 5.92 Å². The molecule has 0 spiro atoms. The summed E-state index contributed by atoms with van der Waals surface area (Å²) in [4.78, 5) is 4.56. The molecule has 1 unspecified atom stereocenters. The molecule has 0 radical (unpaired) electrons. The minimum Gasteiger partial charge on any atom is -0.496 e. The second kappa shape index (κ2) is 18.2. The van der Waals surface area contributed by atoms with Crippen LogP contribution in [0.1, 0.15) is 39.5 Å². The van der Waals surface area contributed by atoms with Crippen LogP contribution in [0.2, 0.25) is 0 Å². The molecular formula is C51H50N2O2. The number of benzene rings is 7. The number of unbranched alkanes of at least 4 members (excludes halogenated alkanes) is 1. The van der Waals surface area contributed by atoms with E-state index in [4.69, 9.17) is 9.47 Å². The van der Waals surface area contributed by atoms with Gasteiger partial charge in [0.25, 0.3) is 0 Å². The number of para-hydroxylation sites is 4. The molecule has 55 heavy (non-hydrogen) atoms. The molecule has 0 aromatic heterocycles. The molecule has 0 aliphatic heterocycles. The second-order valence-electron chi connectivity index (χ2n) is 13.9. The van der Waals surface area contributed by atoms with E-state index in [0.29, 0.717) is 12.5 Å². The molecule has 0 saturated carbocycles. The van der Waals surface area contributed by atoms with E-state index in [1.54, 1.807) is 7.11 Å². The Morgan fingerprint density at radius 2 is 0.818 bits per heavy atom. The summed E-state index contributed by atoms with van der Waals surface area (Å²) in [5, 5.41) is 0. The number of ether oxygens (including phenoxy) is 2. The van der Waals surface area contributed by atoms with E-state index < -0.39 is 0 Å². The van der Waals surface area contributed by atoms with E-state index in [9.17, 15) is 0 Å². The van der Waals surface area contributed by atoms with E-state index >= 15 is 0 Å². The van der Waals surface area contributed by atoms with Crippen molar-refractivity contribution in [2.45, 2.75) is 39.5 Å². The molecule has 0 heterocycles. The first-order valence-corrected chi connectivity index (χ1v) is 19.5. The van der Waals surface area contributed by atoms with Gasteiger partial charge in [-0.1, -0.05) is 130 Å². The van der Waals surface area contributed by atoms with E-state index in [1.807, 2.05) is 0 Å². The van der Waals surface area contributed by atoms with Crippen LogP contribution >= 0.6 is 0 Å². The highest BCUT2D eigenvalue weighted by Gasteiger charge is 2.19. The average Bonchev–Trinajstić information content (AvgIpc) is 3.26. The van der Waals surface area contributed by atoms with E-state index in [1.165, 1.54) is 12.8 Å². The lowest BCUT2D eigenvalue weighted by Gasteiger charge is -2.26. The van der Waals surface area contributed by atoms with Gasteiger partial charge in [0.15, 0.2) is 0 Å². The van der Waals surface area contributed by atoms with Crippen LogP contribution in [0.3, 0.4) is 0 Å². The van der Waals surface area contributed by atoms with Gasteiger partial charge in [0.1, 0.15) is 11.5 Å². The third-order valence-corrected chi connectivity index (χ3v) is 10.3. The predicted molar refractivity (Wildman–Crippen MR) is 232 cm³/mol. The van der Waals surface area contributed by atoms with Crippen LogP contribution in [0.15, 0.2) is 182 Å². The smallest absolute Gasteiger partial charge is 0.128 e. The summed E-state index contributed by atoms with van der Waals surface area (Å²) in [6, 6.07) is 63.8. The van der Waals surface area contributed by atoms with Crippen molar-refractivity contribution in [3.05, 3.63) is 182 Å². The SMILES string of the molecule is CCCCC(CC)COc1cc(-c2ccc(N(c3ccccc3)c3ccccc3)cc2)c(OC)cc1-c1ccc(N(c2ccccc2)c2ccccc2)cc1. The van der Waals surface area contributed by atoms with Crippen molar-refractivity contribution in [3.63, 3.8) is 0 Å². The van der Waals surface area contributed by atoms with Crippen LogP contribution in [0.4, 0.5) is 34.1 Å². The molecule has 0 aliphatic carbocycles. The zero-order chi connectivity index (χ0) is 37.8. The van der Waals surface area contributed by atoms with Gasteiger partial charge in [-0.25, -0.2) is 0 Å². The summed E-state index contributed by atoms with van der Waals surface area (Å²) in [6.07, 6.45) is 4.64. The zero-order valence-electron chi connectivity index (χ0n) is 32.1. The summed E-state index contributed by atoms with van der Waals surface area (Å²) < 4.78 is 13.0. The van der Waals surface area contributed by atoms with Crippen molar-refractivity contribution in [3.8, 4) is 33.8 Å². The lowest BCUT2D eigenvalue weighted by Crippen LogP contribution is -2.12. The van der Waals surface area contributed by atoms with Crippen LogP contribution in [-0.4, -0.2) is 13.7 Å². The quantitative estimate of drug-likeness (QED) is 0.0991. The number of hydrogen-bond donors (Lipinski definition) is 0. The fraction of sp³-hybridized carbons (Fsp3) is 0.176. The molecule has 4 nitrogen and oxygen atoms in total. The molecule has 1 atom stereocenters. The van der Waals surface area contributed by atoms with Crippen LogP contribution in [0.25, 0.3) is 22.3 Å². The minimum atomic E-state index is 0.493. The van der Waals surface area contributed by atoms with Crippen molar-refractivity contribution in [2.24, 2.45) is 5.92 Å².